The quantitative estimate of drug-likeness (QED) is 0.832. The number of Topliss-reactive ketones (excluding diaryl/α,β-unsaturated/α-hetero) is 1. The number of carbonyl (C=O) groups is 2. The van der Waals surface area contributed by atoms with Crippen LogP contribution in [0.5, 0.6) is 0 Å². The average molecular weight is 284 g/mol. The zero-order valence-corrected chi connectivity index (χ0v) is 11.6. The number of benzene rings is 1. The number of hydrogen-bond acceptors (Lipinski definition) is 3. The second-order valence-corrected chi connectivity index (χ2v) is 5.26. The molecular formula is C16H16N2O3. The van der Waals surface area contributed by atoms with E-state index in [4.69, 9.17) is 0 Å². The van der Waals surface area contributed by atoms with Crippen LogP contribution in [-0.2, 0) is 16.1 Å². The molecule has 2 aromatic rings. The van der Waals surface area contributed by atoms with Crippen LogP contribution in [0.25, 0.3) is 10.8 Å². The lowest BCUT2D eigenvalue weighted by Gasteiger charge is -2.26. The van der Waals surface area contributed by atoms with Crippen LogP contribution in [0.1, 0.15) is 12.8 Å². The summed E-state index contributed by atoms with van der Waals surface area (Å²) in [5, 5.41) is 1.48. The van der Waals surface area contributed by atoms with Gasteiger partial charge in [-0.25, -0.2) is 0 Å². The van der Waals surface area contributed by atoms with Crippen LogP contribution < -0.4 is 5.56 Å². The zero-order chi connectivity index (χ0) is 14.8. The van der Waals surface area contributed by atoms with Gasteiger partial charge in [0.25, 0.3) is 5.56 Å². The van der Waals surface area contributed by atoms with Crippen molar-refractivity contribution in [2.24, 2.45) is 0 Å². The Morgan fingerprint density at radius 1 is 1.05 bits per heavy atom. The Balaban J connectivity index is 1.82. The van der Waals surface area contributed by atoms with Crippen LogP contribution in [-0.4, -0.2) is 34.2 Å². The number of likely N-dealkylation sites (tertiary alicyclic amines) is 1. The summed E-state index contributed by atoms with van der Waals surface area (Å²) in [6, 6.07) is 9.16. The monoisotopic (exact) mass is 284 g/mol. The first-order chi connectivity index (χ1) is 10.1. The molecule has 0 unspecified atom stereocenters. The topological polar surface area (TPSA) is 59.4 Å². The van der Waals surface area contributed by atoms with Gasteiger partial charge in [-0.1, -0.05) is 18.2 Å². The molecule has 108 valence electrons. The molecule has 2 heterocycles. The number of hydrogen-bond donors (Lipinski definition) is 0. The Morgan fingerprint density at radius 2 is 1.76 bits per heavy atom. The molecule has 1 amide bonds. The number of fused-ring (bicyclic) bond motifs is 1. The molecular weight excluding hydrogens is 268 g/mol. The Kier molecular flexibility index (Phi) is 3.56. The summed E-state index contributed by atoms with van der Waals surface area (Å²) in [5.74, 6) is 0.0850. The molecule has 1 aromatic heterocycles. The van der Waals surface area contributed by atoms with E-state index in [-0.39, 0.29) is 23.8 Å². The number of nitrogens with zero attached hydrogens (tertiary/aromatic N) is 2. The number of carbonyl (C=O) groups excluding carboxylic acids is 2. The number of pyridine rings is 1. The van der Waals surface area contributed by atoms with E-state index in [9.17, 15) is 14.4 Å². The number of piperidine rings is 1. The van der Waals surface area contributed by atoms with Gasteiger partial charge < -0.3 is 9.47 Å². The molecule has 1 aliphatic rings. The van der Waals surface area contributed by atoms with Gasteiger partial charge in [0.15, 0.2) is 0 Å². The van der Waals surface area contributed by atoms with Gasteiger partial charge in [0, 0.05) is 37.5 Å². The highest BCUT2D eigenvalue weighted by atomic mass is 16.2. The van der Waals surface area contributed by atoms with Gasteiger partial charge >= 0.3 is 0 Å². The van der Waals surface area contributed by atoms with Gasteiger partial charge in [-0.05, 0) is 17.5 Å². The molecule has 1 saturated heterocycles. The molecule has 1 fully saturated rings. The molecule has 0 radical (unpaired) electrons. The second kappa shape index (κ2) is 5.52. The third-order valence-electron chi connectivity index (χ3n) is 3.87. The fourth-order valence-electron chi connectivity index (χ4n) is 2.61. The van der Waals surface area contributed by atoms with E-state index in [2.05, 4.69) is 0 Å². The van der Waals surface area contributed by atoms with E-state index in [1.54, 1.807) is 17.2 Å². The highest BCUT2D eigenvalue weighted by Crippen LogP contribution is 2.09. The molecule has 0 bridgehead atoms. The van der Waals surface area contributed by atoms with Crippen molar-refractivity contribution in [2.75, 3.05) is 13.1 Å². The molecule has 5 heteroatoms. The lowest BCUT2D eigenvalue weighted by Crippen LogP contribution is -2.41. The first kappa shape index (κ1) is 13.5. The standard InChI is InChI=1S/C16H16N2O3/c19-13-6-9-17(10-7-13)15(20)11-18-8-5-12-3-1-2-4-14(12)16(18)21/h1-5,8H,6-7,9-11H2. The van der Waals surface area contributed by atoms with E-state index in [0.29, 0.717) is 31.3 Å². The number of rotatable bonds is 2. The molecule has 3 rings (SSSR count). The summed E-state index contributed by atoms with van der Waals surface area (Å²) in [7, 11) is 0. The van der Waals surface area contributed by atoms with Crippen LogP contribution in [0.2, 0.25) is 0 Å². The van der Waals surface area contributed by atoms with Gasteiger partial charge in [0.05, 0.1) is 0 Å². The van der Waals surface area contributed by atoms with Gasteiger partial charge in [-0.3, -0.25) is 14.4 Å². The molecule has 0 atom stereocenters. The second-order valence-electron chi connectivity index (χ2n) is 5.26. The Bertz CT molecular complexity index is 753. The SMILES string of the molecule is O=C1CCN(C(=O)Cn2ccc3ccccc3c2=O)CC1. The number of amides is 1. The summed E-state index contributed by atoms with van der Waals surface area (Å²) >= 11 is 0. The normalized spacial score (nSPS) is 15.4. The fraction of sp³-hybridized carbons (Fsp3) is 0.312. The van der Waals surface area contributed by atoms with Crippen molar-refractivity contribution in [1.29, 1.82) is 0 Å². The largest absolute Gasteiger partial charge is 0.340 e. The van der Waals surface area contributed by atoms with Crippen LogP contribution in [0, 0.1) is 0 Å². The maximum absolute atomic E-state index is 12.3. The number of ketones is 1. The minimum atomic E-state index is -0.158. The minimum Gasteiger partial charge on any atom is -0.340 e. The Labute approximate surface area is 121 Å². The zero-order valence-electron chi connectivity index (χ0n) is 11.6. The van der Waals surface area contributed by atoms with E-state index in [1.165, 1.54) is 4.57 Å². The molecule has 0 saturated carbocycles. The number of aromatic nitrogens is 1. The Morgan fingerprint density at radius 3 is 2.52 bits per heavy atom. The van der Waals surface area contributed by atoms with Gasteiger partial charge in [0.2, 0.25) is 5.91 Å². The van der Waals surface area contributed by atoms with Crippen LogP contribution >= 0.6 is 0 Å². The predicted octanol–water partition coefficient (Wildman–Crippen LogP) is 1.19. The molecule has 1 aromatic carbocycles. The summed E-state index contributed by atoms with van der Waals surface area (Å²) < 4.78 is 1.43. The van der Waals surface area contributed by atoms with Crippen molar-refractivity contribution in [1.82, 2.24) is 9.47 Å². The summed E-state index contributed by atoms with van der Waals surface area (Å²) in [6.45, 7) is 0.942. The molecule has 0 spiro atoms. The highest BCUT2D eigenvalue weighted by molar-refractivity contribution is 5.84. The van der Waals surface area contributed by atoms with Crippen molar-refractivity contribution in [3.05, 3.63) is 46.9 Å². The third kappa shape index (κ3) is 2.72. The van der Waals surface area contributed by atoms with Gasteiger partial charge in [0.1, 0.15) is 12.3 Å². The minimum absolute atomic E-state index is 0.0257. The molecule has 5 nitrogen and oxygen atoms in total. The maximum atomic E-state index is 12.3. The lowest BCUT2D eigenvalue weighted by atomic mass is 10.1. The molecule has 0 N–H and O–H groups in total. The van der Waals surface area contributed by atoms with Crippen molar-refractivity contribution < 1.29 is 9.59 Å². The highest BCUT2D eigenvalue weighted by Gasteiger charge is 2.21. The third-order valence-corrected chi connectivity index (χ3v) is 3.87. The van der Waals surface area contributed by atoms with E-state index in [1.807, 2.05) is 24.3 Å². The van der Waals surface area contributed by atoms with Gasteiger partial charge in [-0.2, -0.15) is 0 Å². The lowest BCUT2D eigenvalue weighted by molar-refractivity contribution is -0.135. The van der Waals surface area contributed by atoms with Crippen molar-refractivity contribution >= 4 is 22.5 Å². The predicted molar refractivity (Wildman–Crippen MR) is 79.0 cm³/mol. The van der Waals surface area contributed by atoms with Crippen molar-refractivity contribution in [3.63, 3.8) is 0 Å². The summed E-state index contributed by atoms with van der Waals surface area (Å²) in [4.78, 5) is 37.4. The first-order valence-corrected chi connectivity index (χ1v) is 7.03. The smallest absolute Gasteiger partial charge is 0.258 e. The fourth-order valence-corrected chi connectivity index (χ4v) is 2.61. The van der Waals surface area contributed by atoms with Crippen molar-refractivity contribution in [2.45, 2.75) is 19.4 Å². The van der Waals surface area contributed by atoms with Crippen LogP contribution in [0.3, 0.4) is 0 Å². The van der Waals surface area contributed by atoms with E-state index >= 15 is 0 Å². The first-order valence-electron chi connectivity index (χ1n) is 7.03. The van der Waals surface area contributed by atoms with E-state index < -0.39 is 0 Å². The van der Waals surface area contributed by atoms with Crippen LogP contribution in [0.15, 0.2) is 41.3 Å². The average Bonchev–Trinajstić information content (AvgIpc) is 2.51. The molecule has 0 aliphatic carbocycles. The van der Waals surface area contributed by atoms with Crippen molar-refractivity contribution in [3.8, 4) is 0 Å². The van der Waals surface area contributed by atoms with Gasteiger partial charge in [-0.15, -0.1) is 0 Å². The maximum Gasteiger partial charge on any atom is 0.258 e. The summed E-state index contributed by atoms with van der Waals surface area (Å²) in [5.41, 5.74) is -0.158. The van der Waals surface area contributed by atoms with Crippen LogP contribution in [0.4, 0.5) is 0 Å². The Hall–Kier alpha value is -2.43. The van der Waals surface area contributed by atoms with E-state index in [0.717, 1.165) is 5.39 Å². The summed E-state index contributed by atoms with van der Waals surface area (Å²) in [6.07, 6.45) is 2.48. The molecule has 21 heavy (non-hydrogen) atoms. The molecule has 1 aliphatic heterocycles.